The molecule has 2 aromatic rings. The van der Waals surface area contributed by atoms with Gasteiger partial charge in [0.25, 0.3) is 0 Å². The Balaban J connectivity index is 1.51. The maximum Gasteiger partial charge on any atom is 0.341 e. The van der Waals surface area contributed by atoms with Crippen LogP contribution in [0.15, 0.2) is 42.0 Å². The molecule has 5 nitrogen and oxygen atoms in total. The number of para-hydroxylation sites is 1. The van der Waals surface area contributed by atoms with Crippen molar-refractivity contribution in [1.29, 1.82) is 0 Å². The van der Waals surface area contributed by atoms with Gasteiger partial charge in [-0.2, -0.15) is 0 Å². The summed E-state index contributed by atoms with van der Waals surface area (Å²) in [6, 6.07) is 7.79. The third-order valence-corrected chi connectivity index (χ3v) is 6.20. The lowest BCUT2D eigenvalue weighted by Gasteiger charge is -2.15. The summed E-state index contributed by atoms with van der Waals surface area (Å²) in [5, 5.41) is 3.48. The van der Waals surface area contributed by atoms with Gasteiger partial charge in [-0.3, -0.25) is 4.79 Å². The SMILES string of the molecule is CCOC(=O)c1c(NC(=O)/C=C/C2=Cc3ccccc3OC2)sc2c1CCCC2. The molecule has 150 valence electrons. The molecule has 1 aromatic heterocycles. The Morgan fingerprint density at radius 1 is 1.24 bits per heavy atom. The van der Waals surface area contributed by atoms with Crippen LogP contribution < -0.4 is 10.1 Å². The number of thiophene rings is 1. The van der Waals surface area contributed by atoms with E-state index in [0.717, 1.165) is 48.1 Å². The van der Waals surface area contributed by atoms with E-state index in [2.05, 4.69) is 5.32 Å². The molecule has 1 aliphatic carbocycles. The van der Waals surface area contributed by atoms with Crippen LogP contribution in [0.25, 0.3) is 6.08 Å². The average molecular weight is 410 g/mol. The Morgan fingerprint density at radius 2 is 2.07 bits per heavy atom. The summed E-state index contributed by atoms with van der Waals surface area (Å²) < 4.78 is 10.9. The molecular weight excluding hydrogens is 386 g/mol. The summed E-state index contributed by atoms with van der Waals surface area (Å²) in [6.45, 7) is 2.52. The molecule has 0 bridgehead atoms. The molecule has 6 heteroatoms. The normalized spacial score (nSPS) is 15.1. The first-order chi connectivity index (χ1) is 14.2. The zero-order valence-corrected chi connectivity index (χ0v) is 17.1. The Bertz CT molecular complexity index is 1000. The maximum atomic E-state index is 12.5. The molecule has 1 aliphatic heterocycles. The van der Waals surface area contributed by atoms with E-state index in [1.807, 2.05) is 30.3 Å². The molecule has 0 atom stereocenters. The van der Waals surface area contributed by atoms with Crippen LogP contribution in [0.2, 0.25) is 0 Å². The van der Waals surface area contributed by atoms with Crippen LogP contribution in [-0.4, -0.2) is 25.1 Å². The molecular formula is C23H23NO4S. The second kappa shape index (κ2) is 8.66. The van der Waals surface area contributed by atoms with E-state index < -0.39 is 0 Å². The summed E-state index contributed by atoms with van der Waals surface area (Å²) in [7, 11) is 0. The Labute approximate surface area is 174 Å². The van der Waals surface area contributed by atoms with Crippen LogP contribution in [0.5, 0.6) is 5.75 Å². The molecule has 0 spiro atoms. The Hall–Kier alpha value is -2.86. The van der Waals surface area contributed by atoms with Crippen molar-refractivity contribution >= 4 is 34.3 Å². The summed E-state index contributed by atoms with van der Waals surface area (Å²) >= 11 is 1.49. The molecule has 0 unspecified atom stereocenters. The number of carbonyl (C=O) groups is 2. The number of nitrogens with one attached hydrogen (secondary N) is 1. The minimum absolute atomic E-state index is 0.270. The van der Waals surface area contributed by atoms with Gasteiger partial charge in [0.05, 0.1) is 12.2 Å². The standard InChI is InChI=1S/C23H23NO4S/c1-2-27-23(26)21-17-8-4-6-10-19(17)29-22(21)24-20(25)12-11-15-13-16-7-3-5-9-18(16)28-14-15/h3,5,7,9,11-13H,2,4,6,8,10,14H2,1H3,(H,24,25)/b12-11+. The van der Waals surface area contributed by atoms with Crippen molar-refractivity contribution in [2.24, 2.45) is 0 Å². The maximum absolute atomic E-state index is 12.5. The highest BCUT2D eigenvalue weighted by atomic mass is 32.1. The third-order valence-electron chi connectivity index (χ3n) is 4.99. The van der Waals surface area contributed by atoms with Crippen molar-refractivity contribution in [2.75, 3.05) is 18.5 Å². The van der Waals surface area contributed by atoms with Crippen LogP contribution >= 0.6 is 11.3 Å². The van der Waals surface area contributed by atoms with Crippen molar-refractivity contribution in [3.05, 3.63) is 63.6 Å². The van der Waals surface area contributed by atoms with Crippen molar-refractivity contribution < 1.29 is 19.1 Å². The molecule has 1 N–H and O–H groups in total. The van der Waals surface area contributed by atoms with E-state index >= 15 is 0 Å². The molecule has 1 amide bonds. The van der Waals surface area contributed by atoms with Gasteiger partial charge in [-0.25, -0.2) is 4.79 Å². The molecule has 0 saturated heterocycles. The van der Waals surface area contributed by atoms with E-state index in [9.17, 15) is 9.59 Å². The minimum Gasteiger partial charge on any atom is -0.488 e. The predicted molar refractivity (Wildman–Crippen MR) is 115 cm³/mol. The first-order valence-electron chi connectivity index (χ1n) is 9.89. The number of aryl methyl sites for hydroxylation is 1. The number of hydrogen-bond donors (Lipinski definition) is 1. The molecule has 0 radical (unpaired) electrons. The lowest BCUT2D eigenvalue weighted by atomic mass is 9.95. The number of anilines is 1. The fourth-order valence-electron chi connectivity index (χ4n) is 3.64. The van der Waals surface area contributed by atoms with Gasteiger partial charge >= 0.3 is 5.97 Å². The first-order valence-corrected chi connectivity index (χ1v) is 10.7. The van der Waals surface area contributed by atoms with Gasteiger partial charge in [-0.15, -0.1) is 11.3 Å². The van der Waals surface area contributed by atoms with Crippen molar-refractivity contribution in [2.45, 2.75) is 32.6 Å². The molecule has 0 fully saturated rings. The summed E-state index contributed by atoms with van der Waals surface area (Å²) in [5.41, 5.74) is 3.48. The smallest absolute Gasteiger partial charge is 0.341 e. The monoisotopic (exact) mass is 409 g/mol. The third kappa shape index (κ3) is 4.27. The molecule has 2 aliphatic rings. The zero-order valence-electron chi connectivity index (χ0n) is 16.3. The van der Waals surface area contributed by atoms with Crippen LogP contribution in [0.1, 0.15) is 46.1 Å². The number of fused-ring (bicyclic) bond motifs is 2. The summed E-state index contributed by atoms with van der Waals surface area (Å²) in [6.07, 6.45) is 9.21. The zero-order chi connectivity index (χ0) is 20.2. The Morgan fingerprint density at radius 3 is 2.93 bits per heavy atom. The first kappa shape index (κ1) is 19.5. The summed E-state index contributed by atoms with van der Waals surface area (Å²) in [4.78, 5) is 26.2. The van der Waals surface area contributed by atoms with Crippen LogP contribution in [0, 0.1) is 0 Å². The molecule has 1 aromatic carbocycles. The lowest BCUT2D eigenvalue weighted by molar-refractivity contribution is -0.111. The van der Waals surface area contributed by atoms with Crippen molar-refractivity contribution in [3.8, 4) is 5.75 Å². The molecule has 4 rings (SSSR count). The van der Waals surface area contributed by atoms with E-state index in [0.29, 0.717) is 23.8 Å². The number of esters is 1. The van der Waals surface area contributed by atoms with Crippen molar-refractivity contribution in [1.82, 2.24) is 0 Å². The second-order valence-electron chi connectivity index (χ2n) is 7.00. The van der Waals surface area contributed by atoms with Gasteiger partial charge in [0, 0.05) is 16.5 Å². The van der Waals surface area contributed by atoms with Gasteiger partial charge in [-0.05, 0) is 55.9 Å². The molecule has 0 saturated carbocycles. The number of amides is 1. The largest absolute Gasteiger partial charge is 0.488 e. The number of ether oxygens (including phenoxy) is 2. The van der Waals surface area contributed by atoms with E-state index in [1.165, 1.54) is 22.3 Å². The topological polar surface area (TPSA) is 64.6 Å². The highest BCUT2D eigenvalue weighted by Gasteiger charge is 2.26. The van der Waals surface area contributed by atoms with Crippen LogP contribution in [0.3, 0.4) is 0 Å². The highest BCUT2D eigenvalue weighted by Crippen LogP contribution is 2.38. The quantitative estimate of drug-likeness (QED) is 0.570. The van der Waals surface area contributed by atoms with Gasteiger partial charge in [0.2, 0.25) is 5.91 Å². The molecule has 2 heterocycles. The van der Waals surface area contributed by atoms with Crippen molar-refractivity contribution in [3.63, 3.8) is 0 Å². The highest BCUT2D eigenvalue weighted by molar-refractivity contribution is 7.17. The van der Waals surface area contributed by atoms with Gasteiger partial charge in [0.1, 0.15) is 17.4 Å². The molecule has 29 heavy (non-hydrogen) atoms. The number of hydrogen-bond acceptors (Lipinski definition) is 5. The van der Waals surface area contributed by atoms with Gasteiger partial charge in [0.15, 0.2) is 0 Å². The predicted octanol–water partition coefficient (Wildman–Crippen LogP) is 4.77. The number of benzene rings is 1. The van der Waals surface area contributed by atoms with E-state index in [1.54, 1.807) is 13.0 Å². The second-order valence-corrected chi connectivity index (χ2v) is 8.11. The fourth-order valence-corrected chi connectivity index (χ4v) is 4.92. The summed E-state index contributed by atoms with van der Waals surface area (Å²) in [5.74, 6) is 0.220. The van der Waals surface area contributed by atoms with Crippen LogP contribution in [0.4, 0.5) is 5.00 Å². The van der Waals surface area contributed by atoms with E-state index in [-0.39, 0.29) is 11.9 Å². The van der Waals surface area contributed by atoms with Crippen LogP contribution in [-0.2, 0) is 22.4 Å². The number of rotatable bonds is 5. The van der Waals surface area contributed by atoms with E-state index in [4.69, 9.17) is 9.47 Å². The fraction of sp³-hybridized carbons (Fsp3) is 0.304. The average Bonchev–Trinajstić information content (AvgIpc) is 3.10. The van der Waals surface area contributed by atoms with Gasteiger partial charge < -0.3 is 14.8 Å². The minimum atomic E-state index is -0.355. The number of carbonyl (C=O) groups excluding carboxylic acids is 2. The van der Waals surface area contributed by atoms with Gasteiger partial charge in [-0.1, -0.05) is 24.3 Å². The Kier molecular flexibility index (Phi) is 5.81. The lowest BCUT2D eigenvalue weighted by Crippen LogP contribution is -2.14.